The first-order valence-corrected chi connectivity index (χ1v) is 23.7. The SMILES string of the molecule is CCCCCCCCCCCCCCCCCCCCCCCCCCC=Cc1cccc(N=C(CCCC)C(CCCCCC)=Nc2ccccc2)c1.[Ni]. The Balaban J connectivity index is 0.0000151. The van der Waals surface area contributed by atoms with Gasteiger partial charge < -0.3 is 0 Å². The first kappa shape index (κ1) is 51.0. The molecule has 2 aromatic carbocycles. The van der Waals surface area contributed by atoms with Crippen molar-refractivity contribution >= 4 is 28.9 Å². The number of unbranched alkanes of at least 4 members (excludes halogenated alkanes) is 28. The van der Waals surface area contributed by atoms with Gasteiger partial charge in [-0.3, -0.25) is 9.98 Å². The van der Waals surface area contributed by atoms with E-state index in [1.807, 2.05) is 0 Å². The van der Waals surface area contributed by atoms with Crippen molar-refractivity contribution in [3.05, 3.63) is 66.2 Å². The first-order valence-electron chi connectivity index (χ1n) is 23.7. The summed E-state index contributed by atoms with van der Waals surface area (Å²) in [5.41, 5.74) is 5.66. The number of benzene rings is 2. The molecule has 0 amide bonds. The van der Waals surface area contributed by atoms with Gasteiger partial charge in [-0.1, -0.05) is 237 Å². The molecule has 2 aromatic rings. The minimum absolute atomic E-state index is 0. The van der Waals surface area contributed by atoms with E-state index >= 15 is 0 Å². The van der Waals surface area contributed by atoms with Gasteiger partial charge in [-0.2, -0.15) is 0 Å². The van der Waals surface area contributed by atoms with Crippen LogP contribution in [0.25, 0.3) is 6.08 Å². The van der Waals surface area contributed by atoms with E-state index in [9.17, 15) is 0 Å². The Kier molecular flexibility index (Phi) is 36.1. The van der Waals surface area contributed by atoms with E-state index < -0.39 is 0 Å². The Morgan fingerprint density at radius 1 is 0.400 bits per heavy atom. The molecule has 0 aliphatic rings. The van der Waals surface area contributed by atoms with Gasteiger partial charge in [0.2, 0.25) is 0 Å². The third-order valence-corrected chi connectivity index (χ3v) is 11.1. The summed E-state index contributed by atoms with van der Waals surface area (Å²) in [5, 5.41) is 0. The van der Waals surface area contributed by atoms with Crippen molar-refractivity contribution in [1.82, 2.24) is 0 Å². The monoisotopic (exact) mass is 797 g/mol. The van der Waals surface area contributed by atoms with Crippen molar-refractivity contribution in [2.75, 3.05) is 0 Å². The van der Waals surface area contributed by atoms with Gasteiger partial charge in [0.25, 0.3) is 0 Å². The van der Waals surface area contributed by atoms with E-state index in [4.69, 9.17) is 9.98 Å². The van der Waals surface area contributed by atoms with E-state index in [-0.39, 0.29) is 16.5 Å². The van der Waals surface area contributed by atoms with Crippen LogP contribution in [0, 0.1) is 0 Å². The molecule has 2 nitrogen and oxygen atoms in total. The fourth-order valence-electron chi connectivity index (χ4n) is 7.55. The zero-order valence-corrected chi connectivity index (χ0v) is 37.4. The molecule has 0 aliphatic heterocycles. The van der Waals surface area contributed by atoms with E-state index in [1.54, 1.807) is 0 Å². The Morgan fingerprint density at radius 3 is 1.25 bits per heavy atom. The minimum Gasteiger partial charge on any atom is -0.252 e. The van der Waals surface area contributed by atoms with Gasteiger partial charge in [-0.25, -0.2) is 0 Å². The van der Waals surface area contributed by atoms with Gasteiger partial charge >= 0.3 is 0 Å². The second-order valence-electron chi connectivity index (χ2n) is 16.3. The molecule has 314 valence electrons. The van der Waals surface area contributed by atoms with Gasteiger partial charge in [0.1, 0.15) is 0 Å². The molecule has 0 aliphatic carbocycles. The van der Waals surface area contributed by atoms with Crippen LogP contribution >= 0.6 is 0 Å². The van der Waals surface area contributed by atoms with Crippen molar-refractivity contribution < 1.29 is 16.5 Å². The Morgan fingerprint density at radius 2 is 0.782 bits per heavy atom. The maximum absolute atomic E-state index is 5.25. The maximum atomic E-state index is 5.25. The predicted octanol–water partition coefficient (Wildman–Crippen LogP) is 18.5. The van der Waals surface area contributed by atoms with Crippen LogP contribution in [-0.2, 0) is 16.5 Å². The zero-order chi connectivity index (χ0) is 38.4. The third kappa shape index (κ3) is 29.9. The van der Waals surface area contributed by atoms with Crippen LogP contribution in [0.3, 0.4) is 0 Å². The average molecular weight is 798 g/mol. The average Bonchev–Trinajstić information content (AvgIpc) is 3.19. The maximum Gasteiger partial charge on any atom is 0.0639 e. The number of para-hydroxylation sites is 1. The molecule has 0 bridgehead atoms. The molecule has 0 saturated heterocycles. The number of hydrogen-bond donors (Lipinski definition) is 0. The quantitative estimate of drug-likeness (QED) is 0.0370. The van der Waals surface area contributed by atoms with Crippen LogP contribution in [0.1, 0.15) is 238 Å². The smallest absolute Gasteiger partial charge is 0.0639 e. The van der Waals surface area contributed by atoms with E-state index in [0.717, 1.165) is 37.1 Å². The second kappa shape index (κ2) is 38.9. The number of allylic oxidation sites excluding steroid dienone is 1. The van der Waals surface area contributed by atoms with Crippen LogP contribution in [0.2, 0.25) is 0 Å². The van der Waals surface area contributed by atoms with Crippen LogP contribution in [0.5, 0.6) is 0 Å². The zero-order valence-electron chi connectivity index (χ0n) is 36.4. The minimum atomic E-state index is 0. The molecular formula is C52H86N2Ni. The van der Waals surface area contributed by atoms with Crippen LogP contribution in [0.4, 0.5) is 11.4 Å². The van der Waals surface area contributed by atoms with Crippen LogP contribution in [0.15, 0.2) is 70.7 Å². The van der Waals surface area contributed by atoms with Gasteiger partial charge in [0.15, 0.2) is 0 Å². The van der Waals surface area contributed by atoms with E-state index in [1.165, 1.54) is 203 Å². The van der Waals surface area contributed by atoms with Crippen molar-refractivity contribution in [1.29, 1.82) is 0 Å². The molecule has 55 heavy (non-hydrogen) atoms. The Labute approximate surface area is 352 Å². The van der Waals surface area contributed by atoms with Crippen molar-refractivity contribution in [3.63, 3.8) is 0 Å². The molecule has 0 aromatic heterocycles. The molecular weight excluding hydrogens is 711 g/mol. The van der Waals surface area contributed by atoms with E-state index in [0.29, 0.717) is 0 Å². The fraction of sp³-hybridized carbons (Fsp3) is 0.692. The van der Waals surface area contributed by atoms with Crippen LogP contribution < -0.4 is 0 Å². The number of nitrogens with zero attached hydrogens (tertiary/aromatic N) is 2. The van der Waals surface area contributed by atoms with Gasteiger partial charge in [-0.15, -0.1) is 0 Å². The Hall–Kier alpha value is -1.99. The second-order valence-corrected chi connectivity index (χ2v) is 16.3. The molecule has 0 N–H and O–H groups in total. The molecule has 0 saturated carbocycles. The topological polar surface area (TPSA) is 24.7 Å². The summed E-state index contributed by atoms with van der Waals surface area (Å²) in [7, 11) is 0. The number of rotatable bonds is 37. The molecule has 0 heterocycles. The number of hydrogen-bond acceptors (Lipinski definition) is 2. The largest absolute Gasteiger partial charge is 0.252 e. The molecule has 0 radical (unpaired) electrons. The van der Waals surface area contributed by atoms with Crippen molar-refractivity contribution in [2.45, 2.75) is 233 Å². The van der Waals surface area contributed by atoms with E-state index in [2.05, 4.69) is 87.5 Å². The van der Waals surface area contributed by atoms with Gasteiger partial charge in [0.05, 0.1) is 22.8 Å². The van der Waals surface area contributed by atoms with Crippen molar-refractivity contribution in [3.8, 4) is 0 Å². The van der Waals surface area contributed by atoms with Crippen molar-refractivity contribution in [2.24, 2.45) is 9.98 Å². The van der Waals surface area contributed by atoms with Crippen LogP contribution in [-0.4, -0.2) is 11.4 Å². The summed E-state index contributed by atoms with van der Waals surface area (Å²) in [6.07, 6.45) is 49.7. The third-order valence-electron chi connectivity index (χ3n) is 11.1. The van der Waals surface area contributed by atoms with Gasteiger partial charge in [0, 0.05) is 16.5 Å². The number of aliphatic imine (C=N–C) groups is 2. The summed E-state index contributed by atoms with van der Waals surface area (Å²) in [6, 6.07) is 19.2. The summed E-state index contributed by atoms with van der Waals surface area (Å²) < 4.78 is 0. The summed E-state index contributed by atoms with van der Waals surface area (Å²) in [5.74, 6) is 0. The fourth-order valence-corrected chi connectivity index (χ4v) is 7.55. The molecule has 0 unspecified atom stereocenters. The molecule has 0 spiro atoms. The van der Waals surface area contributed by atoms with Gasteiger partial charge in [-0.05, 0) is 68.4 Å². The summed E-state index contributed by atoms with van der Waals surface area (Å²) in [4.78, 5) is 10.4. The summed E-state index contributed by atoms with van der Waals surface area (Å²) in [6.45, 7) is 6.85. The first-order chi connectivity index (χ1) is 26.8. The molecule has 0 atom stereocenters. The standard InChI is InChI=1S/C52H86N2.Ni/c1-4-7-10-12-13-14-15-16-17-18-19-20-21-22-23-24-25-26-27-28-29-30-31-32-33-35-40-48-41-39-44-50(47-48)54-51(45-9-6-3)52(46-38-11-8-5-2)53-49-42-36-34-37-43-49;/h34-37,39-44,47H,4-33,38,45-46H2,1-3H3;. The summed E-state index contributed by atoms with van der Waals surface area (Å²) >= 11 is 0. The molecule has 3 heteroatoms. The normalized spacial score (nSPS) is 12.1. The predicted molar refractivity (Wildman–Crippen MR) is 245 cm³/mol. The molecule has 2 rings (SSSR count). The Bertz CT molecular complexity index is 1200. The molecule has 0 fully saturated rings.